The van der Waals surface area contributed by atoms with Gasteiger partial charge in [-0.3, -0.25) is 0 Å². The van der Waals surface area contributed by atoms with Crippen LogP contribution in [0.3, 0.4) is 0 Å². The van der Waals surface area contributed by atoms with Gasteiger partial charge in [-0.2, -0.15) is 4.98 Å². The number of aromatic hydroxyl groups is 1. The van der Waals surface area contributed by atoms with Gasteiger partial charge in [-0.15, -0.1) is 0 Å². The number of phenols is 1. The van der Waals surface area contributed by atoms with Crippen LogP contribution >= 0.6 is 0 Å². The Balaban J connectivity index is 2.17. The summed E-state index contributed by atoms with van der Waals surface area (Å²) in [6.45, 7) is 4.19. The van der Waals surface area contributed by atoms with Crippen molar-refractivity contribution in [3.05, 3.63) is 30.2 Å². The quantitative estimate of drug-likeness (QED) is 0.867. The zero-order chi connectivity index (χ0) is 13.1. The molecule has 0 bridgehead atoms. The largest absolute Gasteiger partial charge is 0.508 e. The zero-order valence-corrected chi connectivity index (χ0v) is 10.5. The smallest absolute Gasteiger partial charge is 0.243 e. The minimum Gasteiger partial charge on any atom is -0.508 e. The third kappa shape index (κ3) is 2.87. The van der Waals surface area contributed by atoms with Crippen LogP contribution in [0.2, 0.25) is 0 Å². The van der Waals surface area contributed by atoms with Gasteiger partial charge in [0.1, 0.15) is 5.75 Å². The molecule has 5 heteroatoms. The molecular formula is C13H17N3O2. The maximum atomic E-state index is 9.21. The molecule has 3 N–H and O–H groups in total. The monoisotopic (exact) mass is 247 g/mol. The molecule has 2 aromatic rings. The minimum atomic E-state index is -0.233. The molecule has 0 radical (unpaired) electrons. The van der Waals surface area contributed by atoms with Crippen LogP contribution in [0.1, 0.15) is 32.2 Å². The van der Waals surface area contributed by atoms with E-state index >= 15 is 0 Å². The van der Waals surface area contributed by atoms with Gasteiger partial charge in [0.15, 0.2) is 0 Å². The molecule has 0 aliphatic heterocycles. The number of phenolic OH excluding ortho intramolecular Hbond substituents is 1. The Labute approximate surface area is 106 Å². The Kier molecular flexibility index (Phi) is 3.62. The Morgan fingerprint density at radius 1 is 1.28 bits per heavy atom. The van der Waals surface area contributed by atoms with Crippen molar-refractivity contribution in [2.24, 2.45) is 11.7 Å². The first-order valence-corrected chi connectivity index (χ1v) is 5.95. The Hall–Kier alpha value is -1.88. The maximum absolute atomic E-state index is 9.21. The van der Waals surface area contributed by atoms with Crippen LogP contribution in [0.15, 0.2) is 28.8 Å². The number of hydrogen-bond acceptors (Lipinski definition) is 5. The summed E-state index contributed by atoms with van der Waals surface area (Å²) < 4.78 is 5.16. The van der Waals surface area contributed by atoms with E-state index < -0.39 is 0 Å². The SMILES string of the molecule is CC(C)C[C@@H](N)c1nc(-c2ccc(O)cc2)no1. The van der Waals surface area contributed by atoms with Gasteiger partial charge in [0.25, 0.3) is 0 Å². The molecule has 0 amide bonds. The van der Waals surface area contributed by atoms with Gasteiger partial charge in [0.05, 0.1) is 6.04 Å². The first-order chi connectivity index (χ1) is 8.56. The van der Waals surface area contributed by atoms with Gasteiger partial charge >= 0.3 is 0 Å². The van der Waals surface area contributed by atoms with E-state index in [0.717, 1.165) is 12.0 Å². The number of hydrogen-bond donors (Lipinski definition) is 2. The molecule has 0 aliphatic rings. The summed E-state index contributed by atoms with van der Waals surface area (Å²) in [6.07, 6.45) is 0.803. The lowest BCUT2D eigenvalue weighted by atomic mass is 10.0. The number of rotatable bonds is 4. The summed E-state index contributed by atoms with van der Waals surface area (Å²) in [5.74, 6) is 1.62. The van der Waals surface area contributed by atoms with Gasteiger partial charge in [-0.05, 0) is 36.6 Å². The van der Waals surface area contributed by atoms with Crippen molar-refractivity contribution in [2.45, 2.75) is 26.3 Å². The van der Waals surface area contributed by atoms with Gasteiger partial charge in [0.2, 0.25) is 11.7 Å². The van der Waals surface area contributed by atoms with Crippen LogP contribution in [0, 0.1) is 5.92 Å². The second-order valence-electron chi connectivity index (χ2n) is 4.74. The van der Waals surface area contributed by atoms with Crippen molar-refractivity contribution in [2.75, 3.05) is 0 Å². The standard InChI is InChI=1S/C13H17N3O2/c1-8(2)7-11(14)13-15-12(16-18-13)9-3-5-10(17)6-4-9/h3-6,8,11,17H,7,14H2,1-2H3/t11-/m1/s1. The van der Waals surface area contributed by atoms with E-state index in [9.17, 15) is 5.11 Å². The highest BCUT2D eigenvalue weighted by Crippen LogP contribution is 2.22. The predicted octanol–water partition coefficient (Wildman–Crippen LogP) is 2.49. The summed E-state index contributed by atoms with van der Waals surface area (Å²) in [5.41, 5.74) is 6.77. The fraction of sp³-hybridized carbons (Fsp3) is 0.385. The molecule has 0 saturated heterocycles. The second-order valence-corrected chi connectivity index (χ2v) is 4.74. The molecule has 96 valence electrons. The maximum Gasteiger partial charge on any atom is 0.243 e. The highest BCUT2D eigenvalue weighted by atomic mass is 16.5. The van der Waals surface area contributed by atoms with E-state index in [1.165, 1.54) is 0 Å². The van der Waals surface area contributed by atoms with Crippen molar-refractivity contribution in [3.63, 3.8) is 0 Å². The highest BCUT2D eigenvalue weighted by molar-refractivity contribution is 5.55. The zero-order valence-electron chi connectivity index (χ0n) is 10.5. The summed E-state index contributed by atoms with van der Waals surface area (Å²) in [4.78, 5) is 4.28. The summed E-state index contributed by atoms with van der Waals surface area (Å²) in [5, 5.41) is 13.1. The number of aromatic nitrogens is 2. The van der Waals surface area contributed by atoms with Gasteiger partial charge in [-0.1, -0.05) is 19.0 Å². The molecule has 5 nitrogen and oxygen atoms in total. The predicted molar refractivity (Wildman–Crippen MR) is 67.8 cm³/mol. The van der Waals surface area contributed by atoms with Crippen molar-refractivity contribution in [3.8, 4) is 17.1 Å². The fourth-order valence-corrected chi connectivity index (χ4v) is 1.72. The van der Waals surface area contributed by atoms with Crippen molar-refractivity contribution in [1.29, 1.82) is 0 Å². The van der Waals surface area contributed by atoms with Crippen molar-refractivity contribution < 1.29 is 9.63 Å². The molecule has 2 rings (SSSR count). The molecular weight excluding hydrogens is 230 g/mol. The Bertz CT molecular complexity index is 505. The Morgan fingerprint density at radius 3 is 2.56 bits per heavy atom. The first-order valence-electron chi connectivity index (χ1n) is 5.95. The second kappa shape index (κ2) is 5.18. The molecule has 1 aromatic heterocycles. The number of nitrogens with two attached hydrogens (primary N) is 1. The van der Waals surface area contributed by atoms with Crippen LogP contribution in [-0.2, 0) is 0 Å². The van der Waals surface area contributed by atoms with Crippen molar-refractivity contribution in [1.82, 2.24) is 10.1 Å². The first kappa shape index (κ1) is 12.6. The van der Waals surface area contributed by atoms with E-state index in [1.807, 2.05) is 0 Å². The summed E-state index contributed by atoms with van der Waals surface area (Å²) >= 11 is 0. The lowest BCUT2D eigenvalue weighted by molar-refractivity contribution is 0.335. The summed E-state index contributed by atoms with van der Waals surface area (Å²) in [6, 6.07) is 6.40. The lowest BCUT2D eigenvalue weighted by Crippen LogP contribution is -2.13. The number of benzene rings is 1. The lowest BCUT2D eigenvalue weighted by Gasteiger charge is -2.08. The minimum absolute atomic E-state index is 0.207. The molecule has 0 aliphatic carbocycles. The third-order valence-corrected chi connectivity index (χ3v) is 2.61. The fourth-order valence-electron chi connectivity index (χ4n) is 1.72. The van der Waals surface area contributed by atoms with Crippen LogP contribution < -0.4 is 5.73 Å². The average Bonchev–Trinajstić information content (AvgIpc) is 2.78. The Morgan fingerprint density at radius 2 is 1.94 bits per heavy atom. The normalized spacial score (nSPS) is 12.9. The van der Waals surface area contributed by atoms with E-state index in [4.69, 9.17) is 10.3 Å². The van der Waals surface area contributed by atoms with Gasteiger partial charge < -0.3 is 15.4 Å². The van der Waals surface area contributed by atoms with Crippen LogP contribution in [0.4, 0.5) is 0 Å². The van der Waals surface area contributed by atoms with E-state index in [1.54, 1.807) is 24.3 Å². The van der Waals surface area contributed by atoms with Crippen LogP contribution in [0.5, 0.6) is 5.75 Å². The molecule has 0 fully saturated rings. The molecule has 0 saturated carbocycles. The molecule has 0 spiro atoms. The van der Waals surface area contributed by atoms with Gasteiger partial charge in [-0.25, -0.2) is 0 Å². The summed E-state index contributed by atoms with van der Waals surface area (Å²) in [7, 11) is 0. The highest BCUT2D eigenvalue weighted by Gasteiger charge is 2.16. The average molecular weight is 247 g/mol. The van der Waals surface area contributed by atoms with Crippen molar-refractivity contribution >= 4 is 0 Å². The molecule has 1 heterocycles. The van der Waals surface area contributed by atoms with E-state index in [2.05, 4.69) is 24.0 Å². The molecule has 1 aromatic carbocycles. The topological polar surface area (TPSA) is 85.2 Å². The molecule has 0 unspecified atom stereocenters. The molecule has 1 atom stereocenters. The number of nitrogens with zero attached hydrogens (tertiary/aromatic N) is 2. The van der Waals surface area contributed by atoms with Crippen LogP contribution in [-0.4, -0.2) is 15.2 Å². The van der Waals surface area contributed by atoms with Gasteiger partial charge in [0, 0.05) is 5.56 Å². The third-order valence-electron chi connectivity index (χ3n) is 2.61. The molecule has 18 heavy (non-hydrogen) atoms. The van der Waals surface area contributed by atoms with Crippen LogP contribution in [0.25, 0.3) is 11.4 Å². The van der Waals surface area contributed by atoms with E-state index in [-0.39, 0.29) is 11.8 Å². The van der Waals surface area contributed by atoms with E-state index in [0.29, 0.717) is 17.6 Å².